The Kier molecular flexibility index (Phi) is 9.65. The van der Waals surface area contributed by atoms with Crippen molar-refractivity contribution >= 4 is 11.9 Å². The van der Waals surface area contributed by atoms with Gasteiger partial charge in [0.2, 0.25) is 0 Å². The number of ether oxygens (including phenoxy) is 2. The van der Waals surface area contributed by atoms with Gasteiger partial charge in [-0.1, -0.05) is 91.0 Å². The summed E-state index contributed by atoms with van der Waals surface area (Å²) in [6, 6.07) is 35.0. The van der Waals surface area contributed by atoms with E-state index in [1.807, 2.05) is 91.0 Å². The summed E-state index contributed by atoms with van der Waals surface area (Å²) in [7, 11) is 0. The van der Waals surface area contributed by atoms with Crippen molar-refractivity contribution in [3.05, 3.63) is 138 Å². The van der Waals surface area contributed by atoms with Crippen molar-refractivity contribution in [1.29, 1.82) is 0 Å². The van der Waals surface area contributed by atoms with Crippen molar-refractivity contribution in [3.8, 4) is 5.75 Å². The molecule has 0 aliphatic heterocycles. The van der Waals surface area contributed by atoms with Gasteiger partial charge in [0, 0.05) is 5.56 Å². The Morgan fingerprint density at radius 3 is 1.79 bits per heavy atom. The minimum absolute atomic E-state index is 0.0141. The lowest BCUT2D eigenvalue weighted by molar-refractivity contribution is -0.145. The van der Waals surface area contributed by atoms with E-state index in [4.69, 9.17) is 15.2 Å². The molecule has 4 aromatic rings. The number of esters is 1. The molecule has 0 saturated carbocycles. The van der Waals surface area contributed by atoms with Gasteiger partial charge in [-0.3, -0.25) is 9.59 Å². The molecule has 194 valence electrons. The van der Waals surface area contributed by atoms with Gasteiger partial charge < -0.3 is 20.5 Å². The maximum atomic E-state index is 13.0. The second-order valence-electron chi connectivity index (χ2n) is 9.09. The van der Waals surface area contributed by atoms with Crippen LogP contribution in [0, 0.1) is 0 Å². The van der Waals surface area contributed by atoms with E-state index in [9.17, 15) is 9.59 Å². The highest BCUT2D eigenvalue weighted by atomic mass is 16.5. The molecule has 38 heavy (non-hydrogen) atoms. The molecular formula is C32H32N2O4. The maximum Gasteiger partial charge on any atom is 0.323 e. The van der Waals surface area contributed by atoms with E-state index in [1.165, 1.54) is 0 Å². The fraction of sp³-hybridized carbons (Fsp3) is 0.188. The van der Waals surface area contributed by atoms with Crippen molar-refractivity contribution in [2.45, 2.75) is 31.5 Å². The molecular weight excluding hydrogens is 476 g/mol. The van der Waals surface area contributed by atoms with Gasteiger partial charge in [-0.25, -0.2) is 0 Å². The molecule has 0 fully saturated rings. The highest BCUT2D eigenvalue weighted by Gasteiger charge is 2.20. The first-order valence-corrected chi connectivity index (χ1v) is 12.6. The monoisotopic (exact) mass is 508 g/mol. The molecule has 1 amide bonds. The Labute approximate surface area is 223 Å². The standard InChI is InChI=1S/C32H32N2O4/c33-30(21-25-12-6-2-7-13-25)32(36)38-23-28(20-24-10-4-1-5-11-24)34-31(35)27-16-18-29(19-17-27)37-22-26-14-8-3-9-15-26/h1-19,28,30H,20-23,33H2,(H,34,35)/t28-,30-/m0/s1. The smallest absolute Gasteiger partial charge is 0.323 e. The molecule has 4 aromatic carbocycles. The Morgan fingerprint density at radius 1 is 0.684 bits per heavy atom. The SMILES string of the molecule is N[C@@H](Cc1ccccc1)C(=O)OC[C@H](Cc1ccccc1)NC(=O)c1ccc(OCc2ccccc2)cc1. The summed E-state index contributed by atoms with van der Waals surface area (Å²) in [4.78, 5) is 25.6. The average molecular weight is 509 g/mol. The van der Waals surface area contributed by atoms with Gasteiger partial charge in [-0.2, -0.15) is 0 Å². The number of benzene rings is 4. The first kappa shape index (κ1) is 26.6. The minimum atomic E-state index is -0.783. The molecule has 6 heteroatoms. The number of hydrogen-bond acceptors (Lipinski definition) is 5. The Balaban J connectivity index is 1.34. The van der Waals surface area contributed by atoms with Crippen LogP contribution in [0.15, 0.2) is 115 Å². The zero-order chi connectivity index (χ0) is 26.6. The summed E-state index contributed by atoms with van der Waals surface area (Å²) in [6.45, 7) is 0.462. The van der Waals surface area contributed by atoms with E-state index in [2.05, 4.69) is 5.32 Å². The van der Waals surface area contributed by atoms with Gasteiger partial charge in [0.25, 0.3) is 5.91 Å². The van der Waals surface area contributed by atoms with E-state index in [0.29, 0.717) is 30.8 Å². The van der Waals surface area contributed by atoms with Crippen LogP contribution in [0.25, 0.3) is 0 Å². The highest BCUT2D eigenvalue weighted by molar-refractivity contribution is 5.94. The summed E-state index contributed by atoms with van der Waals surface area (Å²) >= 11 is 0. The molecule has 0 radical (unpaired) electrons. The molecule has 4 rings (SSSR count). The molecule has 0 bridgehead atoms. The van der Waals surface area contributed by atoms with Crippen LogP contribution in [0.4, 0.5) is 0 Å². The third-order valence-corrected chi connectivity index (χ3v) is 6.05. The third-order valence-electron chi connectivity index (χ3n) is 6.05. The molecule has 6 nitrogen and oxygen atoms in total. The number of carbonyl (C=O) groups excluding carboxylic acids is 2. The van der Waals surface area contributed by atoms with Crippen LogP contribution in [0.1, 0.15) is 27.0 Å². The van der Waals surface area contributed by atoms with E-state index in [1.54, 1.807) is 24.3 Å². The molecule has 0 aliphatic rings. The number of nitrogens with one attached hydrogen (secondary N) is 1. The highest BCUT2D eigenvalue weighted by Crippen LogP contribution is 2.15. The van der Waals surface area contributed by atoms with Crippen LogP contribution in [0.3, 0.4) is 0 Å². The average Bonchev–Trinajstić information content (AvgIpc) is 2.96. The zero-order valence-corrected chi connectivity index (χ0v) is 21.2. The quantitative estimate of drug-likeness (QED) is 0.270. The Bertz CT molecular complexity index is 1280. The van der Waals surface area contributed by atoms with Crippen LogP contribution in [0.2, 0.25) is 0 Å². The molecule has 0 aliphatic carbocycles. The Morgan fingerprint density at radius 2 is 1.21 bits per heavy atom. The number of hydrogen-bond donors (Lipinski definition) is 2. The summed E-state index contributed by atoms with van der Waals surface area (Å²) in [5.41, 5.74) is 9.62. The lowest BCUT2D eigenvalue weighted by Crippen LogP contribution is -2.42. The largest absolute Gasteiger partial charge is 0.489 e. The van der Waals surface area contributed by atoms with E-state index >= 15 is 0 Å². The topological polar surface area (TPSA) is 90.7 Å². The van der Waals surface area contributed by atoms with Gasteiger partial charge in [-0.05, 0) is 53.8 Å². The van der Waals surface area contributed by atoms with Crippen LogP contribution >= 0.6 is 0 Å². The predicted octanol–water partition coefficient (Wildman–Crippen LogP) is 4.72. The normalized spacial score (nSPS) is 12.2. The Hall–Kier alpha value is -4.42. The van der Waals surface area contributed by atoms with Crippen LogP contribution in [0.5, 0.6) is 5.75 Å². The van der Waals surface area contributed by atoms with Gasteiger partial charge in [-0.15, -0.1) is 0 Å². The van der Waals surface area contributed by atoms with Crippen molar-refractivity contribution < 1.29 is 19.1 Å². The van der Waals surface area contributed by atoms with Crippen molar-refractivity contribution in [3.63, 3.8) is 0 Å². The van der Waals surface area contributed by atoms with Crippen molar-refractivity contribution in [2.24, 2.45) is 5.73 Å². The number of nitrogens with two attached hydrogens (primary N) is 1. The molecule has 2 atom stereocenters. The van der Waals surface area contributed by atoms with E-state index in [0.717, 1.165) is 16.7 Å². The van der Waals surface area contributed by atoms with Crippen LogP contribution in [-0.2, 0) is 29.0 Å². The van der Waals surface area contributed by atoms with Gasteiger partial charge in [0.05, 0.1) is 6.04 Å². The summed E-state index contributed by atoms with van der Waals surface area (Å²) in [5, 5.41) is 3.01. The molecule has 3 N–H and O–H groups in total. The summed E-state index contributed by atoms with van der Waals surface area (Å²) in [5.74, 6) is -0.0844. The van der Waals surface area contributed by atoms with Crippen molar-refractivity contribution in [2.75, 3.05) is 6.61 Å². The lowest BCUT2D eigenvalue weighted by atomic mass is 10.1. The van der Waals surface area contributed by atoms with Crippen LogP contribution in [-0.4, -0.2) is 30.6 Å². The van der Waals surface area contributed by atoms with Crippen molar-refractivity contribution in [1.82, 2.24) is 5.32 Å². The minimum Gasteiger partial charge on any atom is -0.489 e. The van der Waals surface area contributed by atoms with Gasteiger partial charge in [0.15, 0.2) is 0 Å². The predicted molar refractivity (Wildman–Crippen MR) is 148 cm³/mol. The molecule has 0 aromatic heterocycles. The molecule has 0 unspecified atom stereocenters. The first-order valence-electron chi connectivity index (χ1n) is 12.6. The van der Waals surface area contributed by atoms with E-state index < -0.39 is 18.1 Å². The van der Waals surface area contributed by atoms with Crippen LogP contribution < -0.4 is 15.8 Å². The molecule has 0 saturated heterocycles. The molecule has 0 heterocycles. The summed E-state index contributed by atoms with van der Waals surface area (Å²) in [6.07, 6.45) is 0.889. The van der Waals surface area contributed by atoms with Gasteiger partial charge in [0.1, 0.15) is 25.0 Å². The molecule has 0 spiro atoms. The fourth-order valence-corrected chi connectivity index (χ4v) is 4.00. The lowest BCUT2D eigenvalue weighted by Gasteiger charge is -2.20. The van der Waals surface area contributed by atoms with Gasteiger partial charge >= 0.3 is 5.97 Å². The summed E-state index contributed by atoms with van der Waals surface area (Å²) < 4.78 is 11.4. The fourth-order valence-electron chi connectivity index (χ4n) is 4.00. The number of carbonyl (C=O) groups is 2. The second kappa shape index (κ2) is 13.8. The zero-order valence-electron chi connectivity index (χ0n) is 21.2. The number of rotatable bonds is 12. The maximum absolute atomic E-state index is 13.0. The second-order valence-corrected chi connectivity index (χ2v) is 9.09. The third kappa shape index (κ3) is 8.32. The number of amides is 1. The first-order chi connectivity index (χ1) is 18.6. The van der Waals surface area contributed by atoms with E-state index in [-0.39, 0.29) is 12.5 Å².